The van der Waals surface area contributed by atoms with Crippen molar-refractivity contribution in [2.24, 2.45) is 0 Å². The van der Waals surface area contributed by atoms with Crippen molar-refractivity contribution in [3.8, 4) is 5.75 Å². The Morgan fingerprint density at radius 2 is 1.51 bits per heavy atom. The zero-order valence-corrected chi connectivity index (χ0v) is 28.0. The number of phenolic OH excluding ortho intramolecular Hbond substituents is 1. The van der Waals surface area contributed by atoms with E-state index in [4.69, 9.17) is 0 Å². The number of likely N-dealkylation sites (N-methyl/N-ethyl adjacent to an activating group) is 1. The third kappa shape index (κ3) is 9.02. The number of rotatable bonds is 5. The fraction of sp³-hybridized carbons (Fsp3) is 0.429. The third-order valence-electron chi connectivity index (χ3n) is 8.79. The van der Waals surface area contributed by atoms with Gasteiger partial charge in [-0.05, 0) is 56.9 Å². The molecule has 2 heterocycles. The second-order valence-corrected chi connectivity index (χ2v) is 12.4. The molecule has 262 valence electrons. The van der Waals surface area contributed by atoms with Crippen LogP contribution in [0.2, 0.25) is 0 Å². The molecule has 0 radical (unpaired) electrons. The first-order valence-electron chi connectivity index (χ1n) is 16.3. The Balaban J connectivity index is 1.77. The first kappa shape index (κ1) is 36.6. The van der Waals surface area contributed by atoms with Crippen LogP contribution >= 0.6 is 0 Å². The molecule has 0 saturated carbocycles. The summed E-state index contributed by atoms with van der Waals surface area (Å²) in [5, 5.41) is 30.5. The molecule has 49 heavy (non-hydrogen) atoms. The van der Waals surface area contributed by atoms with Crippen LogP contribution in [0.25, 0.3) is 0 Å². The van der Waals surface area contributed by atoms with E-state index in [-0.39, 0.29) is 30.8 Å². The predicted octanol–water partition coefficient (Wildman–Crippen LogP) is -0.116. The van der Waals surface area contributed by atoms with E-state index in [0.717, 1.165) is 5.56 Å². The molecular formula is C35H44N6O8. The molecule has 0 spiro atoms. The second kappa shape index (κ2) is 16.2. The van der Waals surface area contributed by atoms with Crippen molar-refractivity contribution in [1.82, 2.24) is 31.1 Å². The number of benzene rings is 2. The number of amides is 6. The van der Waals surface area contributed by atoms with E-state index < -0.39 is 71.8 Å². The molecular weight excluding hydrogens is 632 g/mol. The summed E-state index contributed by atoms with van der Waals surface area (Å²) in [6.45, 7) is 4.41. The highest BCUT2D eigenvalue weighted by Crippen LogP contribution is 2.21. The predicted molar refractivity (Wildman–Crippen MR) is 178 cm³/mol. The quantitative estimate of drug-likeness (QED) is 0.236. The van der Waals surface area contributed by atoms with Crippen LogP contribution in [-0.2, 0) is 41.6 Å². The maximum Gasteiger partial charge on any atom is 0.270 e. The number of carbonyl (C=O) groups excluding carboxylic acids is 6. The van der Waals surface area contributed by atoms with E-state index in [0.29, 0.717) is 18.4 Å². The van der Waals surface area contributed by atoms with Crippen LogP contribution in [0.1, 0.15) is 44.7 Å². The molecule has 6 N–H and O–H groups in total. The summed E-state index contributed by atoms with van der Waals surface area (Å²) >= 11 is 0. The van der Waals surface area contributed by atoms with Gasteiger partial charge in [0.1, 0.15) is 41.7 Å². The molecule has 0 bridgehead atoms. The van der Waals surface area contributed by atoms with Crippen LogP contribution < -0.4 is 21.3 Å². The number of allylic oxidation sites excluding steroid dienone is 1. The lowest BCUT2D eigenvalue weighted by Crippen LogP contribution is -2.61. The molecule has 0 unspecified atom stereocenters. The van der Waals surface area contributed by atoms with Gasteiger partial charge >= 0.3 is 0 Å². The number of fused-ring (bicyclic) bond motifs is 1. The molecule has 2 aliphatic rings. The molecule has 2 aromatic carbocycles. The van der Waals surface area contributed by atoms with Gasteiger partial charge in [0, 0.05) is 26.4 Å². The van der Waals surface area contributed by atoms with Crippen LogP contribution in [-0.4, -0.2) is 105 Å². The summed E-state index contributed by atoms with van der Waals surface area (Å²) in [5.74, 6) is -4.14. The summed E-state index contributed by atoms with van der Waals surface area (Å²) in [5.41, 5.74) is 1.19. The van der Waals surface area contributed by atoms with Gasteiger partial charge in [0.15, 0.2) is 0 Å². The van der Waals surface area contributed by atoms with E-state index in [9.17, 15) is 39.0 Å². The Hall–Kier alpha value is -5.24. The Labute approximate surface area is 284 Å². The fourth-order valence-electron chi connectivity index (χ4n) is 5.93. The Bertz CT molecular complexity index is 1580. The van der Waals surface area contributed by atoms with Crippen molar-refractivity contribution >= 4 is 35.4 Å². The molecule has 0 aliphatic carbocycles. The lowest BCUT2D eigenvalue weighted by Gasteiger charge is -2.33. The maximum absolute atomic E-state index is 14.3. The summed E-state index contributed by atoms with van der Waals surface area (Å²) < 4.78 is 0. The van der Waals surface area contributed by atoms with Crippen molar-refractivity contribution in [3.63, 3.8) is 0 Å². The van der Waals surface area contributed by atoms with Gasteiger partial charge in [-0.15, -0.1) is 0 Å². The van der Waals surface area contributed by atoms with Gasteiger partial charge in [-0.1, -0.05) is 48.5 Å². The average molecular weight is 677 g/mol. The monoisotopic (exact) mass is 676 g/mol. The summed E-state index contributed by atoms with van der Waals surface area (Å²) in [6.07, 6.45) is 0.847. The molecule has 6 atom stereocenters. The highest BCUT2D eigenvalue weighted by molar-refractivity contribution is 6.02. The zero-order valence-electron chi connectivity index (χ0n) is 28.0. The van der Waals surface area contributed by atoms with E-state index >= 15 is 0 Å². The van der Waals surface area contributed by atoms with Gasteiger partial charge in [-0.3, -0.25) is 28.8 Å². The van der Waals surface area contributed by atoms with Gasteiger partial charge in [0.25, 0.3) is 5.91 Å². The molecule has 2 aliphatic heterocycles. The largest absolute Gasteiger partial charge is 0.508 e. The second-order valence-electron chi connectivity index (χ2n) is 12.4. The maximum atomic E-state index is 14.3. The topological polar surface area (TPSA) is 197 Å². The number of hydrogen-bond acceptors (Lipinski definition) is 8. The molecule has 6 amide bonds. The minimum absolute atomic E-state index is 0.00949. The van der Waals surface area contributed by atoms with E-state index in [1.807, 2.05) is 6.07 Å². The van der Waals surface area contributed by atoms with Crippen LogP contribution in [0.3, 0.4) is 0 Å². The smallest absolute Gasteiger partial charge is 0.270 e. The van der Waals surface area contributed by atoms with Crippen LogP contribution in [0, 0.1) is 0 Å². The number of aromatic hydroxyl groups is 1. The van der Waals surface area contributed by atoms with E-state index in [1.54, 1.807) is 36.4 Å². The summed E-state index contributed by atoms with van der Waals surface area (Å²) in [6, 6.07) is 9.11. The molecule has 4 rings (SSSR count). The van der Waals surface area contributed by atoms with Gasteiger partial charge in [-0.2, -0.15) is 0 Å². The lowest BCUT2D eigenvalue weighted by atomic mass is 10.00. The molecule has 0 aromatic heterocycles. The van der Waals surface area contributed by atoms with Crippen molar-refractivity contribution in [3.05, 3.63) is 77.5 Å². The van der Waals surface area contributed by atoms with E-state index in [1.165, 1.54) is 55.8 Å². The Morgan fingerprint density at radius 1 is 0.857 bits per heavy atom. The van der Waals surface area contributed by atoms with Gasteiger partial charge in [-0.25, -0.2) is 0 Å². The van der Waals surface area contributed by atoms with Crippen molar-refractivity contribution in [2.45, 2.75) is 82.8 Å². The third-order valence-corrected chi connectivity index (χ3v) is 8.79. The van der Waals surface area contributed by atoms with Crippen molar-refractivity contribution in [1.29, 1.82) is 0 Å². The number of carbonyl (C=O) groups is 6. The van der Waals surface area contributed by atoms with Gasteiger partial charge < -0.3 is 41.3 Å². The molecule has 2 aromatic rings. The Kier molecular flexibility index (Phi) is 12.1. The summed E-state index contributed by atoms with van der Waals surface area (Å²) in [7, 11) is 1.43. The fourth-order valence-corrected chi connectivity index (χ4v) is 5.93. The summed E-state index contributed by atoms with van der Waals surface area (Å²) in [4.78, 5) is 84.8. The van der Waals surface area contributed by atoms with Crippen molar-refractivity contribution < 1.29 is 39.0 Å². The average Bonchev–Trinajstić information content (AvgIpc) is 3.58. The number of aliphatic hydroxyl groups excluding tert-OH is 1. The SMILES string of the molecule is C/C=C1\NC(=O)[C@H]([C@@H](C)O)NC(=O)[C@H](C)NC(=O)[C@H](Cc2ccc(O)cc2)N(C)C(=O)[C@H](Cc2ccccc2)NC(=O)[C@@H]2CCCN2C1=O. The minimum Gasteiger partial charge on any atom is -0.508 e. The van der Waals surface area contributed by atoms with Crippen LogP contribution in [0.5, 0.6) is 5.75 Å². The normalized spacial score (nSPS) is 26.2. The molecule has 2 fully saturated rings. The number of aliphatic hydroxyl groups is 1. The molecule has 14 heteroatoms. The van der Waals surface area contributed by atoms with Gasteiger partial charge in [0.05, 0.1) is 6.10 Å². The van der Waals surface area contributed by atoms with Crippen LogP contribution in [0.4, 0.5) is 0 Å². The first-order valence-corrected chi connectivity index (χ1v) is 16.3. The number of nitrogens with one attached hydrogen (secondary N) is 4. The first-order chi connectivity index (χ1) is 23.3. The van der Waals surface area contributed by atoms with Gasteiger partial charge in [0.2, 0.25) is 29.5 Å². The van der Waals surface area contributed by atoms with E-state index in [2.05, 4.69) is 21.3 Å². The number of hydrogen-bond donors (Lipinski definition) is 6. The number of phenols is 1. The molecule has 14 nitrogen and oxygen atoms in total. The molecule has 2 saturated heterocycles. The Morgan fingerprint density at radius 3 is 2.14 bits per heavy atom. The highest BCUT2D eigenvalue weighted by Gasteiger charge is 2.40. The van der Waals surface area contributed by atoms with Crippen molar-refractivity contribution in [2.75, 3.05) is 13.6 Å². The minimum atomic E-state index is -1.50. The standard InChI is InChI=1S/C35H44N6O8/c1-5-25-35(49)41-17-9-12-27(41)31(45)38-26(18-22-10-7-6-8-11-22)34(48)40(4)28(19-23-13-15-24(43)16-14-23)32(46)36-20(2)30(44)39-29(21(3)42)33(47)37-25/h5-8,10-11,13-16,20-21,26-29,42-43H,9,12,17-19H2,1-4H3,(H,36,46)(H,37,47)(H,38,45)(H,39,44)/b25-5-/t20-,21+,26-,27-,28-,29-/m0/s1. The van der Waals surface area contributed by atoms with Crippen LogP contribution in [0.15, 0.2) is 66.4 Å². The number of nitrogens with zero attached hydrogens (tertiary/aromatic N) is 2. The lowest BCUT2D eigenvalue weighted by molar-refractivity contribution is -0.144. The zero-order chi connectivity index (χ0) is 35.8. The highest BCUT2D eigenvalue weighted by atomic mass is 16.3.